The molecule has 80 heavy (non-hydrogen) atoms. The summed E-state index contributed by atoms with van der Waals surface area (Å²) in [6.45, 7) is 6.54. The van der Waals surface area contributed by atoms with Gasteiger partial charge in [0.05, 0.1) is 0 Å². The maximum absolute atomic E-state index is 13.0. The molecule has 1 unspecified atom stereocenters. The van der Waals surface area contributed by atoms with Gasteiger partial charge in [-0.05, 0) is 103 Å². The monoisotopic (exact) mass is 1110 g/mol. The molecule has 0 N–H and O–H groups in total. The summed E-state index contributed by atoms with van der Waals surface area (Å²) < 4.78 is 17.0. The first-order valence-corrected chi connectivity index (χ1v) is 34.2. The molecular formula is C74H128O6. The molecule has 0 aliphatic heterocycles. The van der Waals surface area contributed by atoms with Crippen molar-refractivity contribution in [3.8, 4) is 0 Å². The lowest BCUT2D eigenvalue weighted by atomic mass is 10.0. The molecule has 0 amide bonds. The third-order valence-electron chi connectivity index (χ3n) is 14.8. The Hall–Kier alpha value is -3.67. The van der Waals surface area contributed by atoms with Crippen LogP contribution in [-0.4, -0.2) is 37.2 Å². The molecule has 0 fully saturated rings. The van der Waals surface area contributed by atoms with E-state index < -0.39 is 6.10 Å². The van der Waals surface area contributed by atoms with Crippen LogP contribution in [0.1, 0.15) is 335 Å². The first kappa shape index (κ1) is 76.3. The molecule has 0 radical (unpaired) electrons. The van der Waals surface area contributed by atoms with Crippen LogP contribution in [0.2, 0.25) is 0 Å². The van der Waals surface area contributed by atoms with E-state index in [1.165, 1.54) is 180 Å². The number of carbonyl (C=O) groups is 3. The molecule has 0 aliphatic carbocycles. The summed E-state index contributed by atoms with van der Waals surface area (Å²) in [4.78, 5) is 38.4. The molecule has 6 nitrogen and oxygen atoms in total. The summed E-state index contributed by atoms with van der Waals surface area (Å²) in [5.74, 6) is -0.896. The van der Waals surface area contributed by atoms with Crippen molar-refractivity contribution in [3.05, 3.63) is 97.2 Å². The van der Waals surface area contributed by atoms with Gasteiger partial charge in [-0.25, -0.2) is 0 Å². The van der Waals surface area contributed by atoms with Gasteiger partial charge in [0.2, 0.25) is 0 Å². The molecule has 460 valence electrons. The van der Waals surface area contributed by atoms with Crippen molar-refractivity contribution in [2.24, 2.45) is 0 Å². The number of esters is 3. The Balaban J connectivity index is 4.41. The van der Waals surface area contributed by atoms with E-state index in [1.54, 1.807) is 0 Å². The number of hydrogen-bond donors (Lipinski definition) is 0. The Morgan fingerprint density at radius 2 is 0.487 bits per heavy atom. The van der Waals surface area contributed by atoms with Gasteiger partial charge >= 0.3 is 17.9 Å². The van der Waals surface area contributed by atoms with Gasteiger partial charge in [0.15, 0.2) is 6.10 Å². The van der Waals surface area contributed by atoms with Crippen LogP contribution >= 0.6 is 0 Å². The number of carbonyl (C=O) groups excluding carboxylic acids is 3. The lowest BCUT2D eigenvalue weighted by Crippen LogP contribution is -2.30. The number of allylic oxidation sites excluding steroid dienone is 16. The summed E-state index contributed by atoms with van der Waals surface area (Å²) in [5.41, 5.74) is 0. The zero-order chi connectivity index (χ0) is 57.8. The van der Waals surface area contributed by atoms with Crippen LogP contribution in [-0.2, 0) is 28.6 Å². The van der Waals surface area contributed by atoms with Crippen LogP contribution in [0.15, 0.2) is 97.2 Å². The van der Waals surface area contributed by atoms with Crippen LogP contribution in [0.25, 0.3) is 0 Å². The average Bonchev–Trinajstić information content (AvgIpc) is 3.46. The van der Waals surface area contributed by atoms with E-state index in [1.807, 2.05) is 0 Å². The van der Waals surface area contributed by atoms with Gasteiger partial charge in [0, 0.05) is 19.3 Å². The number of unbranched alkanes of at least 4 members (excludes halogenated alkanes) is 35. The molecule has 0 aromatic carbocycles. The van der Waals surface area contributed by atoms with E-state index in [4.69, 9.17) is 14.2 Å². The fraction of sp³-hybridized carbons (Fsp3) is 0.743. The SMILES string of the molecule is CC/C=C\C/C=C\C/C=C\C/C=C\C/C=C\C/C=C\CCCCCCC(=O)OCC(COC(=O)CCCCCCCCCCCCCCCCCC)OC(=O)CCCCCCCCCCCCC/C=C\C/C=C\CCCCCCC. The molecule has 1 atom stereocenters. The number of rotatable bonds is 62. The highest BCUT2D eigenvalue weighted by Crippen LogP contribution is 2.17. The quantitative estimate of drug-likeness (QED) is 0.0261. The Morgan fingerprint density at radius 3 is 0.762 bits per heavy atom. The lowest BCUT2D eigenvalue weighted by Gasteiger charge is -2.18. The fourth-order valence-electron chi connectivity index (χ4n) is 9.71. The zero-order valence-electron chi connectivity index (χ0n) is 52.8. The van der Waals surface area contributed by atoms with Gasteiger partial charge in [0.1, 0.15) is 13.2 Å². The second-order valence-electron chi connectivity index (χ2n) is 22.7. The summed E-state index contributed by atoms with van der Waals surface area (Å²) in [6, 6.07) is 0. The fourth-order valence-corrected chi connectivity index (χ4v) is 9.71. The van der Waals surface area contributed by atoms with E-state index in [-0.39, 0.29) is 31.1 Å². The second-order valence-corrected chi connectivity index (χ2v) is 22.7. The molecule has 0 heterocycles. The summed E-state index contributed by atoms with van der Waals surface area (Å²) in [6.07, 6.45) is 91.3. The first-order chi connectivity index (χ1) is 39.5. The van der Waals surface area contributed by atoms with Crippen molar-refractivity contribution in [1.82, 2.24) is 0 Å². The van der Waals surface area contributed by atoms with Crippen molar-refractivity contribution in [1.29, 1.82) is 0 Å². The number of hydrogen-bond acceptors (Lipinski definition) is 6. The predicted octanol–water partition coefficient (Wildman–Crippen LogP) is 23.6. The van der Waals surface area contributed by atoms with Crippen molar-refractivity contribution in [3.63, 3.8) is 0 Å². The normalized spacial score (nSPS) is 12.7. The average molecular weight is 1110 g/mol. The van der Waals surface area contributed by atoms with Crippen molar-refractivity contribution >= 4 is 17.9 Å². The maximum Gasteiger partial charge on any atom is 0.306 e. The van der Waals surface area contributed by atoms with E-state index in [2.05, 4.69) is 118 Å². The molecule has 0 aromatic heterocycles. The van der Waals surface area contributed by atoms with Crippen molar-refractivity contribution < 1.29 is 28.6 Å². The van der Waals surface area contributed by atoms with E-state index in [9.17, 15) is 14.4 Å². The van der Waals surface area contributed by atoms with Crippen molar-refractivity contribution in [2.45, 2.75) is 341 Å². The van der Waals surface area contributed by atoms with Gasteiger partial charge in [-0.1, -0.05) is 311 Å². The first-order valence-electron chi connectivity index (χ1n) is 34.2. The standard InChI is InChI=1S/C74H128O6/c1-4-7-10-13-16-19-22-25-28-31-33-35-37-39-41-43-46-49-52-55-58-61-64-67-73(76)79-70-71(69-78-72(75)66-63-60-57-54-51-48-45-30-27-24-21-18-15-12-9-6-3)80-74(77)68-65-62-59-56-53-50-47-44-42-40-38-36-34-32-29-26-23-20-17-14-11-8-5-2/h7,10,16,19,23,25-26,28,32-35,39,41,46,49,71H,4-6,8-9,11-15,17-18,20-22,24,27,29-31,36-38,40,42-45,47-48,50-70H2,1-3H3/b10-7-,19-16-,26-23-,28-25-,34-32-,35-33-,41-39-,49-46-. The molecule has 0 aliphatic rings. The highest BCUT2D eigenvalue weighted by Gasteiger charge is 2.19. The molecule has 0 saturated carbocycles. The van der Waals surface area contributed by atoms with Gasteiger partial charge < -0.3 is 14.2 Å². The van der Waals surface area contributed by atoms with Crippen molar-refractivity contribution in [2.75, 3.05) is 13.2 Å². The largest absolute Gasteiger partial charge is 0.462 e. The van der Waals surface area contributed by atoms with Crippen LogP contribution in [0.4, 0.5) is 0 Å². The summed E-state index contributed by atoms with van der Waals surface area (Å²) >= 11 is 0. The van der Waals surface area contributed by atoms with Crippen LogP contribution in [0, 0.1) is 0 Å². The van der Waals surface area contributed by atoms with E-state index in [0.717, 1.165) is 116 Å². The second kappa shape index (κ2) is 67.8. The van der Waals surface area contributed by atoms with Gasteiger partial charge in [-0.2, -0.15) is 0 Å². The Bertz CT molecular complexity index is 1560. The highest BCUT2D eigenvalue weighted by molar-refractivity contribution is 5.71. The third-order valence-corrected chi connectivity index (χ3v) is 14.8. The third kappa shape index (κ3) is 65.1. The summed E-state index contributed by atoms with van der Waals surface area (Å²) in [7, 11) is 0. The maximum atomic E-state index is 13.0. The molecule has 6 heteroatoms. The minimum Gasteiger partial charge on any atom is -0.462 e. The van der Waals surface area contributed by atoms with Crippen LogP contribution in [0.3, 0.4) is 0 Å². The van der Waals surface area contributed by atoms with E-state index >= 15 is 0 Å². The Kier molecular flexibility index (Phi) is 64.7. The minimum atomic E-state index is -0.791. The molecule has 0 aromatic rings. The minimum absolute atomic E-state index is 0.0838. The molecular weight excluding hydrogens is 985 g/mol. The molecule has 0 bridgehead atoms. The molecule has 0 saturated heterocycles. The Morgan fingerprint density at radius 1 is 0.263 bits per heavy atom. The van der Waals surface area contributed by atoms with Gasteiger partial charge in [0.25, 0.3) is 0 Å². The lowest BCUT2D eigenvalue weighted by molar-refractivity contribution is -0.167. The number of ether oxygens (including phenoxy) is 3. The predicted molar refractivity (Wildman–Crippen MR) is 348 cm³/mol. The zero-order valence-corrected chi connectivity index (χ0v) is 52.8. The highest BCUT2D eigenvalue weighted by atomic mass is 16.6. The van der Waals surface area contributed by atoms with Gasteiger partial charge in [-0.15, -0.1) is 0 Å². The molecule has 0 spiro atoms. The van der Waals surface area contributed by atoms with E-state index in [0.29, 0.717) is 19.3 Å². The van der Waals surface area contributed by atoms with Crippen LogP contribution in [0.5, 0.6) is 0 Å². The van der Waals surface area contributed by atoms with Gasteiger partial charge in [-0.3, -0.25) is 14.4 Å². The van der Waals surface area contributed by atoms with Crippen LogP contribution < -0.4 is 0 Å². The topological polar surface area (TPSA) is 78.9 Å². The smallest absolute Gasteiger partial charge is 0.306 e. The summed E-state index contributed by atoms with van der Waals surface area (Å²) in [5, 5.41) is 0. The Labute approximate surface area is 496 Å². The molecule has 0 rings (SSSR count).